The molecular weight excluding hydrogens is 372 g/mol. The standard InChI is InChI=1S/2C10H20.C7H14.Ti/c2*1-6-7(2)9(4)10(5)8(6)3;1-6(2)7(3,4)5;/h2*6-10H,1-5H3;6H,1-2H2,3-5H3;/q;;-2;+4. The maximum absolute atomic E-state index is 3.80. The van der Waals surface area contributed by atoms with Gasteiger partial charge in [-0.15, -0.1) is 0 Å². The first kappa shape index (κ1) is 30.9. The van der Waals surface area contributed by atoms with Crippen LogP contribution in [-0.4, -0.2) is 0 Å². The number of rotatable bonds is 0. The molecule has 2 rings (SSSR count). The van der Waals surface area contributed by atoms with Crippen LogP contribution in [0.25, 0.3) is 0 Å². The fourth-order valence-electron chi connectivity index (χ4n) is 4.79. The summed E-state index contributed by atoms with van der Waals surface area (Å²) in [5.41, 5.74) is 0.278. The van der Waals surface area contributed by atoms with Gasteiger partial charge < -0.3 is 13.8 Å². The minimum Gasteiger partial charge on any atom is -0.369 e. The van der Waals surface area contributed by atoms with Crippen molar-refractivity contribution in [1.29, 1.82) is 0 Å². The Hall–Kier alpha value is 0.714. The second-order valence-corrected chi connectivity index (χ2v) is 11.7. The molecule has 0 amide bonds. The Morgan fingerprint density at radius 1 is 0.429 bits per heavy atom. The molecule has 0 bridgehead atoms. The average Bonchev–Trinajstić information content (AvgIpc) is 2.86. The van der Waals surface area contributed by atoms with Crippen molar-refractivity contribution in [3.05, 3.63) is 13.8 Å². The van der Waals surface area contributed by atoms with E-state index in [1.807, 2.05) is 0 Å². The van der Waals surface area contributed by atoms with Crippen LogP contribution in [0.4, 0.5) is 0 Å². The van der Waals surface area contributed by atoms with Crippen molar-refractivity contribution >= 4 is 0 Å². The van der Waals surface area contributed by atoms with Crippen molar-refractivity contribution in [2.24, 2.45) is 70.5 Å². The zero-order valence-electron chi connectivity index (χ0n) is 21.8. The van der Waals surface area contributed by atoms with Gasteiger partial charge in [-0.25, -0.2) is 0 Å². The minimum absolute atomic E-state index is 0. The molecule has 0 nitrogen and oxygen atoms in total. The van der Waals surface area contributed by atoms with Crippen LogP contribution in [0.5, 0.6) is 0 Å². The van der Waals surface area contributed by atoms with Gasteiger partial charge in [-0.2, -0.15) is 0 Å². The molecule has 1 heteroatoms. The van der Waals surface area contributed by atoms with Crippen LogP contribution in [0, 0.1) is 84.4 Å². The summed E-state index contributed by atoms with van der Waals surface area (Å²) < 4.78 is 0. The normalized spacial score (nSPS) is 42.9. The van der Waals surface area contributed by atoms with Gasteiger partial charge in [0.05, 0.1) is 0 Å². The molecule has 0 spiro atoms. The molecule has 0 heterocycles. The van der Waals surface area contributed by atoms with Crippen LogP contribution in [-0.2, 0) is 21.7 Å². The van der Waals surface area contributed by atoms with E-state index in [0.717, 1.165) is 59.2 Å². The van der Waals surface area contributed by atoms with Gasteiger partial charge in [-0.1, -0.05) is 95.4 Å². The van der Waals surface area contributed by atoms with E-state index in [0.29, 0.717) is 5.92 Å². The smallest absolute Gasteiger partial charge is 0.369 e. The van der Waals surface area contributed by atoms with Crippen molar-refractivity contribution in [2.45, 2.75) is 90.0 Å². The van der Waals surface area contributed by atoms with Gasteiger partial charge in [0.25, 0.3) is 0 Å². The Balaban J connectivity index is 0. The van der Waals surface area contributed by atoms with E-state index in [1.54, 1.807) is 0 Å². The third kappa shape index (κ3) is 8.09. The SMILES string of the molecule is CC1C(C)C(C)C(C)C1C.CC1C(C)C(C)C(C)C1C.[CH2-]C([CH2-])C(C)(C)C.[Ti+4]. The predicted molar refractivity (Wildman–Crippen MR) is 125 cm³/mol. The summed E-state index contributed by atoms with van der Waals surface area (Å²) in [5, 5.41) is 0. The molecule has 0 aromatic carbocycles. The third-order valence-electron chi connectivity index (χ3n) is 9.52. The van der Waals surface area contributed by atoms with Crippen LogP contribution in [0.3, 0.4) is 0 Å². The van der Waals surface area contributed by atoms with Gasteiger partial charge in [0.2, 0.25) is 0 Å². The van der Waals surface area contributed by atoms with Crippen molar-refractivity contribution in [3.63, 3.8) is 0 Å². The predicted octanol–water partition coefficient (Wildman–Crippen LogP) is 8.68. The van der Waals surface area contributed by atoms with Crippen molar-refractivity contribution in [3.8, 4) is 0 Å². The molecule has 0 unspecified atom stereocenters. The van der Waals surface area contributed by atoms with Gasteiger partial charge in [-0.3, -0.25) is 5.92 Å². The summed E-state index contributed by atoms with van der Waals surface area (Å²) in [6, 6.07) is 0. The average molecular weight is 427 g/mol. The van der Waals surface area contributed by atoms with E-state index in [2.05, 4.69) is 104 Å². The van der Waals surface area contributed by atoms with Gasteiger partial charge in [0.15, 0.2) is 0 Å². The Morgan fingerprint density at radius 3 is 0.536 bits per heavy atom. The molecule has 2 aliphatic rings. The van der Waals surface area contributed by atoms with Crippen molar-refractivity contribution < 1.29 is 21.7 Å². The maximum atomic E-state index is 3.80. The summed E-state index contributed by atoms with van der Waals surface area (Å²) in [4.78, 5) is 0. The Kier molecular flexibility index (Phi) is 13.8. The molecule has 0 saturated heterocycles. The molecule has 164 valence electrons. The fraction of sp³-hybridized carbons (Fsp3) is 0.926. The molecule has 28 heavy (non-hydrogen) atoms. The molecule has 0 radical (unpaired) electrons. The fourth-order valence-corrected chi connectivity index (χ4v) is 4.79. The van der Waals surface area contributed by atoms with Gasteiger partial charge in [-0.05, 0) is 59.2 Å². The molecule has 2 aliphatic carbocycles. The summed E-state index contributed by atoms with van der Waals surface area (Å²) in [6.45, 7) is 38.0. The topological polar surface area (TPSA) is 0 Å². The van der Waals surface area contributed by atoms with E-state index < -0.39 is 0 Å². The second kappa shape index (κ2) is 12.5. The molecule has 2 fully saturated rings. The molecule has 0 aromatic rings. The minimum atomic E-state index is 0. The third-order valence-corrected chi connectivity index (χ3v) is 9.52. The molecular formula is C27H54Ti+2. The molecule has 0 atom stereocenters. The molecule has 0 N–H and O–H groups in total. The van der Waals surface area contributed by atoms with Crippen LogP contribution in [0.2, 0.25) is 0 Å². The maximum Gasteiger partial charge on any atom is 4.00 e. The summed E-state index contributed by atoms with van der Waals surface area (Å²) >= 11 is 0. The Labute approximate surface area is 195 Å². The van der Waals surface area contributed by atoms with Gasteiger partial charge in [0, 0.05) is 0 Å². The second-order valence-electron chi connectivity index (χ2n) is 11.7. The van der Waals surface area contributed by atoms with E-state index in [4.69, 9.17) is 0 Å². The quantitative estimate of drug-likeness (QED) is 0.268. The van der Waals surface area contributed by atoms with E-state index in [1.165, 1.54) is 0 Å². The first-order chi connectivity index (χ1) is 12.1. The zero-order valence-corrected chi connectivity index (χ0v) is 23.3. The van der Waals surface area contributed by atoms with Gasteiger partial charge >= 0.3 is 21.7 Å². The van der Waals surface area contributed by atoms with E-state index in [-0.39, 0.29) is 27.1 Å². The van der Waals surface area contributed by atoms with Crippen molar-refractivity contribution in [1.82, 2.24) is 0 Å². The number of hydrogen-bond donors (Lipinski definition) is 0. The monoisotopic (exact) mass is 426 g/mol. The van der Waals surface area contributed by atoms with Crippen LogP contribution in [0.15, 0.2) is 0 Å². The van der Waals surface area contributed by atoms with Crippen LogP contribution >= 0.6 is 0 Å². The van der Waals surface area contributed by atoms with Crippen molar-refractivity contribution in [2.75, 3.05) is 0 Å². The summed E-state index contributed by atoms with van der Waals surface area (Å²) in [6.07, 6.45) is 0. The summed E-state index contributed by atoms with van der Waals surface area (Å²) in [7, 11) is 0. The van der Waals surface area contributed by atoms with Gasteiger partial charge in [0.1, 0.15) is 0 Å². The molecule has 2 saturated carbocycles. The first-order valence-corrected chi connectivity index (χ1v) is 11.7. The van der Waals surface area contributed by atoms with Crippen LogP contribution in [0.1, 0.15) is 90.0 Å². The Morgan fingerprint density at radius 2 is 0.500 bits per heavy atom. The Bertz CT molecular complexity index is 287. The molecule has 0 aliphatic heterocycles. The van der Waals surface area contributed by atoms with Crippen LogP contribution < -0.4 is 0 Å². The molecule has 0 aromatic heterocycles. The first-order valence-electron chi connectivity index (χ1n) is 11.7. The van der Waals surface area contributed by atoms with E-state index >= 15 is 0 Å². The summed E-state index contributed by atoms with van der Waals surface area (Å²) in [5.74, 6) is 9.65. The van der Waals surface area contributed by atoms with E-state index in [9.17, 15) is 0 Å². The largest absolute Gasteiger partial charge is 4.00 e. The number of hydrogen-bond acceptors (Lipinski definition) is 0. The zero-order chi connectivity index (χ0) is 21.9.